The zero-order valence-electron chi connectivity index (χ0n) is 12.4. The molecule has 6 nitrogen and oxygen atoms in total. The van der Waals surface area contributed by atoms with Crippen LogP contribution in [0.25, 0.3) is 0 Å². The molecule has 2 heterocycles. The second kappa shape index (κ2) is 6.37. The largest absolute Gasteiger partial charge is 0.387 e. The third-order valence-corrected chi connectivity index (χ3v) is 4.09. The normalized spacial score (nSPS) is 23.4. The summed E-state index contributed by atoms with van der Waals surface area (Å²) < 4.78 is 2.02. The highest BCUT2D eigenvalue weighted by atomic mass is 16.3. The molecule has 0 spiro atoms. The Labute approximate surface area is 119 Å². The standard InChI is InChI=1S/C14H24N4O2/c1-10(2)12-6-18(5-11-4-15-9-17(11)3)7-13(12)16-14(20)8-19/h4,9-10,12-13,19H,5-8H2,1-3H3,(H,16,20)/t12-,13+/m1/s1. The lowest BCUT2D eigenvalue weighted by Crippen LogP contribution is -2.43. The van der Waals surface area contributed by atoms with Crippen LogP contribution in [-0.2, 0) is 18.4 Å². The van der Waals surface area contributed by atoms with Gasteiger partial charge in [0.05, 0.1) is 12.0 Å². The van der Waals surface area contributed by atoms with Crippen molar-refractivity contribution in [2.45, 2.75) is 26.4 Å². The van der Waals surface area contributed by atoms with Gasteiger partial charge in [0.25, 0.3) is 0 Å². The van der Waals surface area contributed by atoms with Gasteiger partial charge in [-0.2, -0.15) is 0 Å². The number of aliphatic hydroxyl groups excluding tert-OH is 1. The third kappa shape index (κ3) is 3.37. The summed E-state index contributed by atoms with van der Waals surface area (Å²) in [6.45, 7) is 6.53. The van der Waals surface area contributed by atoms with Crippen LogP contribution in [-0.4, -0.2) is 51.2 Å². The summed E-state index contributed by atoms with van der Waals surface area (Å²) in [5.74, 6) is 0.622. The maximum Gasteiger partial charge on any atom is 0.245 e. The molecule has 0 saturated carbocycles. The number of carbonyl (C=O) groups is 1. The van der Waals surface area contributed by atoms with Gasteiger partial charge in [-0.05, 0) is 11.8 Å². The molecule has 0 bridgehead atoms. The van der Waals surface area contributed by atoms with Crippen molar-refractivity contribution in [3.8, 4) is 0 Å². The van der Waals surface area contributed by atoms with Crippen LogP contribution in [0.2, 0.25) is 0 Å². The van der Waals surface area contributed by atoms with Crippen molar-refractivity contribution in [2.75, 3.05) is 19.7 Å². The number of imidazole rings is 1. The quantitative estimate of drug-likeness (QED) is 0.795. The fourth-order valence-corrected chi connectivity index (χ4v) is 2.89. The van der Waals surface area contributed by atoms with Gasteiger partial charge in [0.2, 0.25) is 5.91 Å². The lowest BCUT2D eigenvalue weighted by Gasteiger charge is -2.22. The van der Waals surface area contributed by atoms with E-state index in [0.717, 1.165) is 19.6 Å². The minimum Gasteiger partial charge on any atom is -0.387 e. The Kier molecular flexibility index (Phi) is 4.77. The second-order valence-corrected chi connectivity index (χ2v) is 5.93. The molecule has 6 heteroatoms. The molecule has 0 aliphatic carbocycles. The van der Waals surface area contributed by atoms with Crippen molar-refractivity contribution in [2.24, 2.45) is 18.9 Å². The fourth-order valence-electron chi connectivity index (χ4n) is 2.89. The van der Waals surface area contributed by atoms with Crippen molar-refractivity contribution in [3.05, 3.63) is 18.2 Å². The molecule has 2 rings (SSSR count). The summed E-state index contributed by atoms with van der Waals surface area (Å²) in [6, 6.07) is 0.114. The van der Waals surface area contributed by atoms with Crippen LogP contribution >= 0.6 is 0 Å². The SMILES string of the molecule is CC(C)[C@H]1CN(Cc2cncn2C)C[C@@H]1NC(=O)CO. The fraction of sp³-hybridized carbons (Fsp3) is 0.714. The number of nitrogens with zero attached hydrogens (tertiary/aromatic N) is 3. The zero-order chi connectivity index (χ0) is 14.7. The van der Waals surface area contributed by atoms with Gasteiger partial charge in [-0.25, -0.2) is 4.98 Å². The maximum atomic E-state index is 11.4. The van der Waals surface area contributed by atoms with Crippen molar-refractivity contribution >= 4 is 5.91 Å². The van der Waals surface area contributed by atoms with Crippen molar-refractivity contribution in [1.82, 2.24) is 19.8 Å². The first-order chi connectivity index (χ1) is 9.51. The Bertz CT molecular complexity index is 458. The molecular formula is C14H24N4O2. The summed E-state index contributed by atoms with van der Waals surface area (Å²) >= 11 is 0. The number of likely N-dealkylation sites (tertiary alicyclic amines) is 1. The number of hydrogen-bond donors (Lipinski definition) is 2. The molecule has 20 heavy (non-hydrogen) atoms. The lowest BCUT2D eigenvalue weighted by atomic mass is 9.91. The zero-order valence-corrected chi connectivity index (χ0v) is 12.4. The average Bonchev–Trinajstić information content (AvgIpc) is 2.97. The monoisotopic (exact) mass is 280 g/mol. The third-order valence-electron chi connectivity index (χ3n) is 4.09. The first-order valence-electron chi connectivity index (χ1n) is 7.09. The minimum atomic E-state index is -0.441. The van der Waals surface area contributed by atoms with E-state index in [1.165, 1.54) is 5.69 Å². The summed E-state index contributed by atoms with van der Waals surface area (Å²) in [7, 11) is 1.99. The van der Waals surface area contributed by atoms with Crippen LogP contribution in [0, 0.1) is 11.8 Å². The number of aliphatic hydroxyl groups is 1. The molecule has 0 unspecified atom stereocenters. The van der Waals surface area contributed by atoms with Crippen molar-refractivity contribution < 1.29 is 9.90 Å². The summed E-state index contributed by atoms with van der Waals surface area (Å²) in [4.78, 5) is 17.9. The number of rotatable bonds is 5. The van der Waals surface area contributed by atoms with E-state index in [1.54, 1.807) is 6.33 Å². The van der Waals surface area contributed by atoms with E-state index < -0.39 is 6.61 Å². The van der Waals surface area contributed by atoms with Crippen molar-refractivity contribution in [1.29, 1.82) is 0 Å². The Morgan fingerprint density at radius 1 is 1.55 bits per heavy atom. The number of nitrogens with one attached hydrogen (secondary N) is 1. The van der Waals surface area contributed by atoms with Gasteiger partial charge in [-0.1, -0.05) is 13.8 Å². The van der Waals surface area contributed by atoms with E-state index in [2.05, 4.69) is 29.0 Å². The highest BCUT2D eigenvalue weighted by Gasteiger charge is 2.35. The van der Waals surface area contributed by atoms with Gasteiger partial charge in [-0.15, -0.1) is 0 Å². The topological polar surface area (TPSA) is 70.4 Å². The Hall–Kier alpha value is -1.40. The van der Waals surface area contributed by atoms with Crippen LogP contribution in [0.3, 0.4) is 0 Å². The Balaban J connectivity index is 2.00. The summed E-state index contributed by atoms with van der Waals surface area (Å²) in [5, 5.41) is 11.8. The molecule has 1 aromatic heterocycles. The second-order valence-electron chi connectivity index (χ2n) is 5.93. The molecule has 1 aliphatic heterocycles. The molecule has 0 radical (unpaired) electrons. The lowest BCUT2D eigenvalue weighted by molar-refractivity contribution is -0.124. The van der Waals surface area contributed by atoms with Gasteiger partial charge in [0, 0.05) is 38.9 Å². The summed E-state index contributed by atoms with van der Waals surface area (Å²) in [5.41, 5.74) is 1.17. The highest BCUT2D eigenvalue weighted by molar-refractivity contribution is 5.77. The molecule has 1 aromatic rings. The predicted octanol–water partition coefficient (Wildman–Crippen LogP) is -0.0150. The molecule has 2 N–H and O–H groups in total. The molecule has 1 aliphatic rings. The van der Waals surface area contributed by atoms with Crippen molar-refractivity contribution in [3.63, 3.8) is 0 Å². The van der Waals surface area contributed by atoms with Gasteiger partial charge >= 0.3 is 0 Å². The van der Waals surface area contributed by atoms with E-state index in [-0.39, 0.29) is 11.9 Å². The number of aryl methyl sites for hydroxylation is 1. The maximum absolute atomic E-state index is 11.4. The van der Waals surface area contributed by atoms with Gasteiger partial charge in [0.1, 0.15) is 6.61 Å². The number of amides is 1. The molecule has 1 amide bonds. The number of carbonyl (C=O) groups excluding carboxylic acids is 1. The van der Waals surface area contributed by atoms with E-state index in [1.807, 2.05) is 17.8 Å². The highest BCUT2D eigenvalue weighted by Crippen LogP contribution is 2.25. The van der Waals surface area contributed by atoms with E-state index in [4.69, 9.17) is 5.11 Å². The van der Waals surface area contributed by atoms with Gasteiger partial charge in [-0.3, -0.25) is 9.69 Å². The van der Waals surface area contributed by atoms with Crippen LogP contribution in [0.1, 0.15) is 19.5 Å². The molecular weight excluding hydrogens is 256 g/mol. The van der Waals surface area contributed by atoms with Crippen LogP contribution in [0.15, 0.2) is 12.5 Å². The van der Waals surface area contributed by atoms with Crippen LogP contribution in [0.4, 0.5) is 0 Å². The molecule has 112 valence electrons. The average molecular weight is 280 g/mol. The molecule has 0 aromatic carbocycles. The first-order valence-corrected chi connectivity index (χ1v) is 7.09. The van der Waals surface area contributed by atoms with E-state index >= 15 is 0 Å². The number of hydrogen-bond acceptors (Lipinski definition) is 4. The predicted molar refractivity (Wildman–Crippen MR) is 75.8 cm³/mol. The van der Waals surface area contributed by atoms with Gasteiger partial charge in [0.15, 0.2) is 0 Å². The van der Waals surface area contributed by atoms with E-state index in [0.29, 0.717) is 11.8 Å². The Morgan fingerprint density at radius 2 is 2.30 bits per heavy atom. The molecule has 1 saturated heterocycles. The first kappa shape index (κ1) is 15.0. The Morgan fingerprint density at radius 3 is 2.85 bits per heavy atom. The molecule has 2 atom stereocenters. The van der Waals surface area contributed by atoms with E-state index in [9.17, 15) is 4.79 Å². The summed E-state index contributed by atoms with van der Waals surface area (Å²) in [6.07, 6.45) is 3.68. The van der Waals surface area contributed by atoms with Crippen LogP contribution in [0.5, 0.6) is 0 Å². The van der Waals surface area contributed by atoms with Gasteiger partial charge < -0.3 is 15.0 Å². The molecule has 1 fully saturated rings. The smallest absolute Gasteiger partial charge is 0.245 e. The van der Waals surface area contributed by atoms with Crippen LogP contribution < -0.4 is 5.32 Å². The number of aromatic nitrogens is 2. The minimum absolute atomic E-state index is 0.114.